The van der Waals surface area contributed by atoms with Crippen LogP contribution in [0.5, 0.6) is 5.75 Å². The molecule has 1 unspecified atom stereocenters. The molecule has 0 aliphatic carbocycles. The van der Waals surface area contributed by atoms with E-state index in [1.165, 1.54) is 21.6 Å². The Bertz CT molecular complexity index is 745. The average Bonchev–Trinajstić information content (AvgIpc) is 2.47. The van der Waals surface area contributed by atoms with E-state index >= 15 is 0 Å². The van der Waals surface area contributed by atoms with E-state index in [0.717, 1.165) is 11.8 Å². The van der Waals surface area contributed by atoms with Gasteiger partial charge in [-0.05, 0) is 44.6 Å². The molecule has 0 saturated carbocycles. The molecule has 0 aliphatic heterocycles. The SMILES string of the molecule is Cc1ccc(Pc2cc([Si](C)(C)C)ccc2O)c(CNC(C)(C)C)c1. The molecule has 2 aromatic carbocycles. The van der Waals surface area contributed by atoms with E-state index in [-0.39, 0.29) is 5.54 Å². The van der Waals surface area contributed by atoms with Crippen molar-refractivity contribution in [3.63, 3.8) is 0 Å². The van der Waals surface area contributed by atoms with E-state index in [9.17, 15) is 5.11 Å². The summed E-state index contributed by atoms with van der Waals surface area (Å²) in [5.41, 5.74) is 2.69. The molecule has 136 valence electrons. The van der Waals surface area contributed by atoms with Crippen LogP contribution in [-0.4, -0.2) is 18.7 Å². The summed E-state index contributed by atoms with van der Waals surface area (Å²) in [5.74, 6) is 0.413. The zero-order chi connectivity index (χ0) is 18.8. The lowest BCUT2D eigenvalue weighted by atomic mass is 10.1. The third-order valence-electron chi connectivity index (χ3n) is 4.20. The quantitative estimate of drug-likeness (QED) is 0.618. The van der Waals surface area contributed by atoms with Gasteiger partial charge in [-0.25, -0.2) is 0 Å². The molecule has 0 aromatic heterocycles. The van der Waals surface area contributed by atoms with Gasteiger partial charge >= 0.3 is 0 Å². The van der Waals surface area contributed by atoms with Crippen LogP contribution < -0.4 is 21.1 Å². The largest absolute Gasteiger partial charge is 0.507 e. The van der Waals surface area contributed by atoms with Gasteiger partial charge in [0, 0.05) is 17.4 Å². The first-order valence-corrected chi connectivity index (χ1v) is 13.4. The molecular formula is C21H32NOPSi. The lowest BCUT2D eigenvalue weighted by molar-refractivity contribution is 0.425. The van der Waals surface area contributed by atoms with Crippen molar-refractivity contribution in [2.75, 3.05) is 0 Å². The van der Waals surface area contributed by atoms with Gasteiger partial charge in [0.1, 0.15) is 5.75 Å². The Morgan fingerprint density at radius 2 is 1.68 bits per heavy atom. The number of aromatic hydroxyl groups is 1. The van der Waals surface area contributed by atoms with Crippen molar-refractivity contribution in [3.05, 3.63) is 47.5 Å². The summed E-state index contributed by atoms with van der Waals surface area (Å²) in [6.07, 6.45) is 0. The van der Waals surface area contributed by atoms with E-state index in [0.29, 0.717) is 14.3 Å². The molecule has 0 saturated heterocycles. The van der Waals surface area contributed by atoms with Crippen LogP contribution in [0.25, 0.3) is 0 Å². The van der Waals surface area contributed by atoms with Crippen molar-refractivity contribution in [2.24, 2.45) is 0 Å². The van der Waals surface area contributed by atoms with Crippen LogP contribution in [0.3, 0.4) is 0 Å². The standard InChI is InChI=1S/C21H32NOPSi/c1-15-8-11-19(16(12-15)14-22-21(2,3)4)24-20-13-17(25(5,6)7)9-10-18(20)23/h8-13,22-24H,14H2,1-7H3. The minimum atomic E-state index is -1.39. The Hall–Kier alpha value is -1.15. The summed E-state index contributed by atoms with van der Waals surface area (Å²) >= 11 is 0. The number of rotatable bonds is 5. The molecule has 2 nitrogen and oxygen atoms in total. The molecule has 0 bridgehead atoms. The van der Waals surface area contributed by atoms with Crippen molar-refractivity contribution in [2.45, 2.75) is 59.4 Å². The van der Waals surface area contributed by atoms with Crippen molar-refractivity contribution < 1.29 is 5.11 Å². The van der Waals surface area contributed by atoms with Gasteiger partial charge in [0.15, 0.2) is 0 Å². The monoisotopic (exact) mass is 373 g/mol. The molecule has 0 amide bonds. The van der Waals surface area contributed by atoms with E-state index in [1.807, 2.05) is 6.07 Å². The molecule has 4 heteroatoms. The van der Waals surface area contributed by atoms with Gasteiger partial charge in [-0.3, -0.25) is 0 Å². The van der Waals surface area contributed by atoms with Crippen LogP contribution in [0.15, 0.2) is 36.4 Å². The molecule has 0 aliphatic rings. The highest BCUT2D eigenvalue weighted by Crippen LogP contribution is 2.21. The number of nitrogens with one attached hydrogen (secondary N) is 1. The van der Waals surface area contributed by atoms with E-state index in [2.05, 4.69) is 83.0 Å². The maximum Gasteiger partial charge on any atom is 0.123 e. The van der Waals surface area contributed by atoms with Gasteiger partial charge in [-0.15, -0.1) is 0 Å². The van der Waals surface area contributed by atoms with Gasteiger partial charge in [-0.1, -0.05) is 69.3 Å². The van der Waals surface area contributed by atoms with Gasteiger partial charge in [0.05, 0.1) is 8.07 Å². The van der Waals surface area contributed by atoms with Crippen molar-refractivity contribution in [1.29, 1.82) is 0 Å². The van der Waals surface area contributed by atoms with E-state index in [4.69, 9.17) is 0 Å². The molecule has 0 spiro atoms. The summed E-state index contributed by atoms with van der Waals surface area (Å²) in [6.45, 7) is 16.6. The number of aryl methyl sites for hydroxylation is 1. The first-order chi connectivity index (χ1) is 11.5. The maximum atomic E-state index is 10.4. The Labute approximate surface area is 155 Å². The Morgan fingerprint density at radius 1 is 1.00 bits per heavy atom. The topological polar surface area (TPSA) is 32.3 Å². The maximum absolute atomic E-state index is 10.4. The first-order valence-electron chi connectivity index (χ1n) is 8.91. The van der Waals surface area contributed by atoms with Crippen LogP contribution in [0.4, 0.5) is 0 Å². The fourth-order valence-corrected chi connectivity index (χ4v) is 5.12. The molecule has 1 atom stereocenters. The third kappa shape index (κ3) is 5.95. The molecule has 2 N–H and O–H groups in total. The summed E-state index contributed by atoms with van der Waals surface area (Å²) in [4.78, 5) is 0. The normalized spacial score (nSPS) is 12.9. The highest BCUT2D eigenvalue weighted by Gasteiger charge is 2.18. The van der Waals surface area contributed by atoms with Gasteiger partial charge in [-0.2, -0.15) is 0 Å². The minimum absolute atomic E-state index is 0.0873. The molecular weight excluding hydrogens is 341 g/mol. The van der Waals surface area contributed by atoms with Gasteiger partial charge < -0.3 is 10.4 Å². The summed E-state index contributed by atoms with van der Waals surface area (Å²) in [5, 5.41) is 17.7. The van der Waals surface area contributed by atoms with Crippen LogP contribution in [0.2, 0.25) is 19.6 Å². The molecule has 2 rings (SSSR count). The number of phenolic OH excluding ortho intramolecular Hbond substituents is 1. The lowest BCUT2D eigenvalue weighted by Crippen LogP contribution is -2.39. The molecule has 0 radical (unpaired) electrons. The number of benzene rings is 2. The van der Waals surface area contributed by atoms with E-state index in [1.54, 1.807) is 0 Å². The predicted octanol–water partition coefficient (Wildman–Crippen LogP) is 3.76. The van der Waals surface area contributed by atoms with Crippen molar-refractivity contribution >= 4 is 32.5 Å². The zero-order valence-corrected chi connectivity index (χ0v) is 18.6. The molecule has 0 fully saturated rings. The second kappa shape index (κ2) is 7.61. The summed E-state index contributed by atoms with van der Waals surface area (Å²) in [7, 11) is -0.915. The highest BCUT2D eigenvalue weighted by molar-refractivity contribution is 7.56. The number of hydrogen-bond acceptors (Lipinski definition) is 2. The van der Waals surface area contributed by atoms with Crippen LogP contribution >= 0.6 is 8.58 Å². The Balaban J connectivity index is 2.34. The molecule has 2 aromatic rings. The molecule has 0 heterocycles. The fourth-order valence-electron chi connectivity index (χ4n) is 2.60. The summed E-state index contributed by atoms with van der Waals surface area (Å²) < 4.78 is 0. The second-order valence-electron chi connectivity index (χ2n) is 8.87. The van der Waals surface area contributed by atoms with Crippen molar-refractivity contribution in [1.82, 2.24) is 5.32 Å². The fraction of sp³-hybridized carbons (Fsp3) is 0.429. The molecule has 25 heavy (non-hydrogen) atoms. The summed E-state index contributed by atoms with van der Waals surface area (Å²) in [6, 6.07) is 12.8. The van der Waals surface area contributed by atoms with Crippen LogP contribution in [0, 0.1) is 6.92 Å². The lowest BCUT2D eigenvalue weighted by Gasteiger charge is -2.22. The van der Waals surface area contributed by atoms with E-state index < -0.39 is 8.07 Å². The van der Waals surface area contributed by atoms with Gasteiger partial charge in [0.25, 0.3) is 0 Å². The highest BCUT2D eigenvalue weighted by atomic mass is 31.1. The van der Waals surface area contributed by atoms with Crippen LogP contribution in [0.1, 0.15) is 31.9 Å². The predicted molar refractivity (Wildman–Crippen MR) is 116 cm³/mol. The smallest absolute Gasteiger partial charge is 0.123 e. The third-order valence-corrected chi connectivity index (χ3v) is 7.67. The number of phenols is 1. The minimum Gasteiger partial charge on any atom is -0.507 e. The zero-order valence-electron chi connectivity index (χ0n) is 16.6. The first kappa shape index (κ1) is 20.2. The second-order valence-corrected chi connectivity index (χ2v) is 15.3. The Morgan fingerprint density at radius 3 is 2.28 bits per heavy atom. The van der Waals surface area contributed by atoms with Crippen molar-refractivity contribution in [3.8, 4) is 5.75 Å². The Kier molecular flexibility index (Phi) is 6.14. The van der Waals surface area contributed by atoms with Crippen LogP contribution in [-0.2, 0) is 6.54 Å². The number of hydrogen-bond donors (Lipinski definition) is 2. The van der Waals surface area contributed by atoms with Gasteiger partial charge in [0.2, 0.25) is 0 Å². The average molecular weight is 374 g/mol.